The highest BCUT2D eigenvalue weighted by Gasteiger charge is 2.25. The number of carbonyl (C=O) groups excluding carboxylic acids is 2. The summed E-state index contributed by atoms with van der Waals surface area (Å²) in [6.45, 7) is 17.3. The summed E-state index contributed by atoms with van der Waals surface area (Å²) in [6.07, 6.45) is 0. The zero-order chi connectivity index (χ0) is 19.8. The summed E-state index contributed by atoms with van der Waals surface area (Å²) in [5.41, 5.74) is 0. The third kappa shape index (κ3) is 7.76. The van der Waals surface area contributed by atoms with Crippen molar-refractivity contribution in [3.63, 3.8) is 0 Å². The molecule has 0 spiro atoms. The van der Waals surface area contributed by atoms with Crippen LogP contribution < -0.4 is 0 Å². The first kappa shape index (κ1) is 22.1. The number of amides is 2. The van der Waals surface area contributed by atoms with Crippen molar-refractivity contribution in [1.29, 1.82) is 0 Å². The van der Waals surface area contributed by atoms with Crippen LogP contribution >= 0.6 is 0 Å². The largest absolute Gasteiger partial charge is 0.378 e. The molecule has 7 nitrogen and oxygen atoms in total. The van der Waals surface area contributed by atoms with Crippen LogP contribution in [0.2, 0.25) is 0 Å². The number of hydrogen-bond donors (Lipinski definition) is 0. The molecule has 2 saturated heterocycles. The molecule has 2 heterocycles. The van der Waals surface area contributed by atoms with E-state index in [0.717, 1.165) is 39.3 Å². The summed E-state index contributed by atoms with van der Waals surface area (Å²) in [4.78, 5) is 33.5. The molecule has 156 valence electrons. The van der Waals surface area contributed by atoms with Crippen LogP contribution in [0.4, 0.5) is 0 Å². The minimum atomic E-state index is 0.197. The van der Waals surface area contributed by atoms with Gasteiger partial charge in [-0.1, -0.05) is 27.7 Å². The van der Waals surface area contributed by atoms with Gasteiger partial charge in [0.15, 0.2) is 0 Å². The molecule has 2 rings (SSSR count). The second-order valence-corrected chi connectivity index (χ2v) is 8.63. The second-order valence-electron chi connectivity index (χ2n) is 8.63. The zero-order valence-electron chi connectivity index (χ0n) is 17.7. The van der Waals surface area contributed by atoms with Crippen molar-refractivity contribution in [2.45, 2.75) is 27.7 Å². The average molecular weight is 383 g/mol. The topological polar surface area (TPSA) is 56.3 Å². The van der Waals surface area contributed by atoms with E-state index in [9.17, 15) is 9.59 Å². The Bertz CT molecular complexity index is 460. The number of rotatable bonds is 8. The van der Waals surface area contributed by atoms with Crippen molar-refractivity contribution in [3.8, 4) is 0 Å². The lowest BCUT2D eigenvalue weighted by Crippen LogP contribution is -2.53. The van der Waals surface area contributed by atoms with Crippen molar-refractivity contribution in [2.24, 2.45) is 11.8 Å². The molecule has 0 aromatic heterocycles. The van der Waals surface area contributed by atoms with Crippen LogP contribution in [0.3, 0.4) is 0 Å². The van der Waals surface area contributed by atoms with Gasteiger partial charge in [0.2, 0.25) is 11.8 Å². The summed E-state index contributed by atoms with van der Waals surface area (Å²) in [5, 5.41) is 0. The van der Waals surface area contributed by atoms with E-state index in [0.29, 0.717) is 51.2 Å². The summed E-state index contributed by atoms with van der Waals surface area (Å²) >= 11 is 0. The standard InChI is InChI=1S/C20H38N4O3/c1-17(2)13-24(14-18(3)4)20(26)16-22-7-5-21(6-8-22)15-19(25)23-9-11-27-12-10-23/h17-18H,5-16H2,1-4H3. The van der Waals surface area contributed by atoms with E-state index in [4.69, 9.17) is 4.74 Å². The molecule has 2 fully saturated rings. The maximum absolute atomic E-state index is 12.7. The molecule has 0 saturated carbocycles. The van der Waals surface area contributed by atoms with Gasteiger partial charge in [-0.15, -0.1) is 0 Å². The monoisotopic (exact) mass is 382 g/mol. The second kappa shape index (κ2) is 11.0. The van der Waals surface area contributed by atoms with Gasteiger partial charge in [-0.2, -0.15) is 0 Å². The number of carbonyl (C=O) groups is 2. The van der Waals surface area contributed by atoms with Crippen molar-refractivity contribution >= 4 is 11.8 Å². The Morgan fingerprint density at radius 1 is 0.815 bits per heavy atom. The fourth-order valence-electron chi connectivity index (χ4n) is 3.66. The molecule has 0 aromatic rings. The molecule has 27 heavy (non-hydrogen) atoms. The van der Waals surface area contributed by atoms with E-state index < -0.39 is 0 Å². The Morgan fingerprint density at radius 3 is 1.78 bits per heavy atom. The molecule has 7 heteroatoms. The van der Waals surface area contributed by atoms with Gasteiger partial charge in [0.25, 0.3) is 0 Å². The molecule has 2 aliphatic heterocycles. The van der Waals surface area contributed by atoms with Gasteiger partial charge in [-0.25, -0.2) is 0 Å². The lowest BCUT2D eigenvalue weighted by Gasteiger charge is -2.36. The van der Waals surface area contributed by atoms with Crippen LogP contribution in [0.25, 0.3) is 0 Å². The van der Waals surface area contributed by atoms with Gasteiger partial charge in [0, 0.05) is 52.4 Å². The third-order valence-corrected chi connectivity index (χ3v) is 5.07. The van der Waals surface area contributed by atoms with Gasteiger partial charge < -0.3 is 14.5 Å². The van der Waals surface area contributed by atoms with E-state index in [1.807, 2.05) is 9.80 Å². The van der Waals surface area contributed by atoms with Crippen LogP contribution in [0.1, 0.15) is 27.7 Å². The summed E-state index contributed by atoms with van der Waals surface area (Å²) in [7, 11) is 0. The first-order valence-corrected chi connectivity index (χ1v) is 10.4. The van der Waals surface area contributed by atoms with Crippen LogP contribution in [-0.4, -0.2) is 110 Å². The maximum Gasteiger partial charge on any atom is 0.236 e. The number of ether oxygens (including phenoxy) is 1. The Morgan fingerprint density at radius 2 is 1.30 bits per heavy atom. The summed E-state index contributed by atoms with van der Waals surface area (Å²) < 4.78 is 5.31. The number of morpholine rings is 1. The normalized spacial score (nSPS) is 19.7. The van der Waals surface area contributed by atoms with Crippen molar-refractivity contribution < 1.29 is 14.3 Å². The molecule has 0 aromatic carbocycles. The number of nitrogens with zero attached hydrogens (tertiary/aromatic N) is 4. The van der Waals surface area contributed by atoms with E-state index in [1.54, 1.807) is 0 Å². The van der Waals surface area contributed by atoms with Crippen molar-refractivity contribution in [1.82, 2.24) is 19.6 Å². The van der Waals surface area contributed by atoms with Gasteiger partial charge >= 0.3 is 0 Å². The van der Waals surface area contributed by atoms with E-state index in [2.05, 4.69) is 37.5 Å². The highest BCUT2D eigenvalue weighted by Crippen LogP contribution is 2.08. The molecule has 0 N–H and O–H groups in total. The van der Waals surface area contributed by atoms with Gasteiger partial charge in [-0.3, -0.25) is 19.4 Å². The molecule has 0 radical (unpaired) electrons. The Kier molecular flexibility index (Phi) is 8.99. The van der Waals surface area contributed by atoms with Crippen LogP contribution in [0.5, 0.6) is 0 Å². The van der Waals surface area contributed by atoms with E-state index in [1.165, 1.54) is 0 Å². The van der Waals surface area contributed by atoms with Crippen molar-refractivity contribution in [3.05, 3.63) is 0 Å². The van der Waals surface area contributed by atoms with Gasteiger partial charge in [-0.05, 0) is 11.8 Å². The molecule has 2 amide bonds. The highest BCUT2D eigenvalue weighted by atomic mass is 16.5. The number of hydrogen-bond acceptors (Lipinski definition) is 5. The smallest absolute Gasteiger partial charge is 0.236 e. The molecular weight excluding hydrogens is 344 g/mol. The zero-order valence-corrected chi connectivity index (χ0v) is 17.7. The summed E-state index contributed by atoms with van der Waals surface area (Å²) in [5.74, 6) is 1.39. The highest BCUT2D eigenvalue weighted by molar-refractivity contribution is 5.79. The summed E-state index contributed by atoms with van der Waals surface area (Å²) in [6, 6.07) is 0. The Balaban J connectivity index is 1.73. The quantitative estimate of drug-likeness (QED) is 0.615. The van der Waals surface area contributed by atoms with Crippen LogP contribution in [0, 0.1) is 11.8 Å². The fraction of sp³-hybridized carbons (Fsp3) is 0.900. The number of piperazine rings is 1. The van der Waals surface area contributed by atoms with Crippen LogP contribution in [-0.2, 0) is 14.3 Å². The van der Waals surface area contributed by atoms with E-state index in [-0.39, 0.29) is 11.8 Å². The van der Waals surface area contributed by atoms with Gasteiger partial charge in [0.1, 0.15) is 0 Å². The van der Waals surface area contributed by atoms with E-state index >= 15 is 0 Å². The van der Waals surface area contributed by atoms with Crippen molar-refractivity contribution in [2.75, 3.05) is 78.7 Å². The molecule has 0 atom stereocenters. The lowest BCUT2D eigenvalue weighted by molar-refractivity contribution is -0.138. The first-order valence-electron chi connectivity index (χ1n) is 10.4. The molecule has 0 bridgehead atoms. The maximum atomic E-state index is 12.7. The predicted octanol–water partition coefficient (Wildman–Crippen LogP) is 0.603. The predicted molar refractivity (Wildman–Crippen MR) is 107 cm³/mol. The minimum Gasteiger partial charge on any atom is -0.378 e. The van der Waals surface area contributed by atoms with Gasteiger partial charge in [0.05, 0.1) is 26.3 Å². The third-order valence-electron chi connectivity index (χ3n) is 5.07. The molecule has 2 aliphatic rings. The fourth-order valence-corrected chi connectivity index (χ4v) is 3.66. The lowest BCUT2D eigenvalue weighted by atomic mass is 10.1. The molecule has 0 aliphatic carbocycles. The Labute approximate surface area is 164 Å². The Hall–Kier alpha value is -1.18. The van der Waals surface area contributed by atoms with Crippen LogP contribution in [0.15, 0.2) is 0 Å². The molecular formula is C20H38N4O3. The minimum absolute atomic E-state index is 0.197. The average Bonchev–Trinajstić information content (AvgIpc) is 2.62. The first-order chi connectivity index (χ1) is 12.8. The SMILES string of the molecule is CC(C)CN(CC(C)C)C(=O)CN1CCN(CC(=O)N2CCOCC2)CC1. The molecule has 0 unspecified atom stereocenters.